The van der Waals surface area contributed by atoms with Crippen LogP contribution in [0.15, 0.2) is 36.5 Å². The van der Waals surface area contributed by atoms with E-state index in [-0.39, 0.29) is 5.91 Å². The lowest BCUT2D eigenvalue weighted by atomic mass is 10.1. The fourth-order valence-corrected chi connectivity index (χ4v) is 1.73. The largest absolute Gasteiger partial charge is 0.352 e. The summed E-state index contributed by atoms with van der Waals surface area (Å²) < 4.78 is 1.73. The molecule has 0 saturated heterocycles. The Balaban J connectivity index is 1.89. The lowest BCUT2D eigenvalue weighted by Crippen LogP contribution is -2.25. The molecule has 19 heavy (non-hydrogen) atoms. The summed E-state index contributed by atoms with van der Waals surface area (Å²) in [7, 11) is 1.86. The van der Waals surface area contributed by atoms with E-state index in [1.807, 2.05) is 25.4 Å². The SMILES string of the molecule is Cn1ccc(CCNC(=O)c2cccc(C#N)c2)n1. The van der Waals surface area contributed by atoms with E-state index in [2.05, 4.69) is 10.4 Å². The van der Waals surface area contributed by atoms with Gasteiger partial charge in [-0.15, -0.1) is 0 Å². The van der Waals surface area contributed by atoms with Gasteiger partial charge in [0.2, 0.25) is 0 Å². The standard InChI is InChI=1S/C14H14N4O/c1-18-8-6-13(17-18)5-7-16-14(19)12-4-2-3-11(9-12)10-15/h2-4,6,8-9H,5,7H2,1H3,(H,16,19). The minimum Gasteiger partial charge on any atom is -0.352 e. The highest BCUT2D eigenvalue weighted by Crippen LogP contribution is 2.04. The molecule has 0 spiro atoms. The Morgan fingerprint density at radius 1 is 1.47 bits per heavy atom. The molecule has 1 heterocycles. The van der Waals surface area contributed by atoms with Gasteiger partial charge in [-0.05, 0) is 24.3 Å². The molecule has 1 aromatic carbocycles. The van der Waals surface area contributed by atoms with Gasteiger partial charge in [0.25, 0.3) is 5.91 Å². The van der Waals surface area contributed by atoms with Crippen LogP contribution in [0.1, 0.15) is 21.6 Å². The fraction of sp³-hybridized carbons (Fsp3) is 0.214. The molecule has 0 atom stereocenters. The molecule has 96 valence electrons. The van der Waals surface area contributed by atoms with Crippen molar-refractivity contribution in [1.82, 2.24) is 15.1 Å². The predicted octanol–water partition coefficient (Wildman–Crippen LogP) is 1.26. The third kappa shape index (κ3) is 3.42. The van der Waals surface area contributed by atoms with Crippen molar-refractivity contribution < 1.29 is 4.79 Å². The topological polar surface area (TPSA) is 70.7 Å². The van der Waals surface area contributed by atoms with Crippen molar-refractivity contribution in [3.8, 4) is 6.07 Å². The summed E-state index contributed by atoms with van der Waals surface area (Å²) in [6.07, 6.45) is 2.55. The number of carbonyl (C=O) groups excluding carboxylic acids is 1. The van der Waals surface area contributed by atoms with Gasteiger partial charge in [-0.2, -0.15) is 10.4 Å². The third-order valence-electron chi connectivity index (χ3n) is 2.69. The molecule has 0 aliphatic rings. The first-order valence-corrected chi connectivity index (χ1v) is 5.96. The Bertz CT molecular complexity index is 624. The first-order chi connectivity index (χ1) is 9.19. The molecule has 1 N–H and O–H groups in total. The maximum Gasteiger partial charge on any atom is 0.251 e. The van der Waals surface area contributed by atoms with Gasteiger partial charge in [-0.25, -0.2) is 0 Å². The van der Waals surface area contributed by atoms with E-state index in [1.54, 1.807) is 28.9 Å². The first-order valence-electron chi connectivity index (χ1n) is 5.96. The molecule has 2 aromatic rings. The number of aromatic nitrogens is 2. The number of carbonyl (C=O) groups is 1. The molecule has 2 rings (SSSR count). The summed E-state index contributed by atoms with van der Waals surface area (Å²) in [6, 6.07) is 10.6. The van der Waals surface area contributed by atoms with E-state index >= 15 is 0 Å². The van der Waals surface area contributed by atoms with Gasteiger partial charge in [0, 0.05) is 31.8 Å². The number of amides is 1. The summed E-state index contributed by atoms with van der Waals surface area (Å²) >= 11 is 0. The van der Waals surface area contributed by atoms with Crippen molar-refractivity contribution in [2.75, 3.05) is 6.54 Å². The van der Waals surface area contributed by atoms with E-state index in [4.69, 9.17) is 5.26 Å². The molecule has 5 nitrogen and oxygen atoms in total. The highest BCUT2D eigenvalue weighted by Gasteiger charge is 2.06. The van der Waals surface area contributed by atoms with Gasteiger partial charge in [0.15, 0.2) is 0 Å². The molecule has 0 radical (unpaired) electrons. The van der Waals surface area contributed by atoms with Crippen LogP contribution in [0.2, 0.25) is 0 Å². The predicted molar refractivity (Wildman–Crippen MR) is 70.4 cm³/mol. The van der Waals surface area contributed by atoms with Crippen molar-refractivity contribution in [1.29, 1.82) is 5.26 Å². The third-order valence-corrected chi connectivity index (χ3v) is 2.69. The summed E-state index contributed by atoms with van der Waals surface area (Å²) in [4.78, 5) is 11.9. The second kappa shape index (κ2) is 5.83. The smallest absolute Gasteiger partial charge is 0.251 e. The Morgan fingerprint density at radius 2 is 2.32 bits per heavy atom. The first kappa shape index (κ1) is 12.8. The Kier molecular flexibility index (Phi) is 3.94. The second-order valence-corrected chi connectivity index (χ2v) is 4.18. The minimum atomic E-state index is -0.173. The van der Waals surface area contributed by atoms with Gasteiger partial charge in [-0.3, -0.25) is 9.48 Å². The summed E-state index contributed by atoms with van der Waals surface area (Å²) in [5.74, 6) is -0.173. The van der Waals surface area contributed by atoms with Crippen LogP contribution in [0.4, 0.5) is 0 Å². The zero-order chi connectivity index (χ0) is 13.7. The van der Waals surface area contributed by atoms with Crippen LogP contribution in [0.5, 0.6) is 0 Å². The van der Waals surface area contributed by atoms with Crippen LogP contribution in [0.3, 0.4) is 0 Å². The lowest BCUT2D eigenvalue weighted by Gasteiger charge is -2.04. The zero-order valence-corrected chi connectivity index (χ0v) is 10.6. The van der Waals surface area contributed by atoms with Crippen LogP contribution >= 0.6 is 0 Å². The quantitative estimate of drug-likeness (QED) is 0.893. The maximum atomic E-state index is 11.9. The van der Waals surface area contributed by atoms with E-state index in [1.165, 1.54) is 0 Å². The van der Waals surface area contributed by atoms with Gasteiger partial charge >= 0.3 is 0 Å². The summed E-state index contributed by atoms with van der Waals surface area (Å²) in [5, 5.41) is 15.8. The van der Waals surface area contributed by atoms with Gasteiger partial charge < -0.3 is 5.32 Å². The van der Waals surface area contributed by atoms with E-state index in [0.717, 1.165) is 5.69 Å². The van der Waals surface area contributed by atoms with Crippen molar-refractivity contribution in [2.45, 2.75) is 6.42 Å². The number of benzene rings is 1. The Labute approximate surface area is 111 Å². The van der Waals surface area contributed by atoms with Crippen LogP contribution in [-0.4, -0.2) is 22.2 Å². The molecular weight excluding hydrogens is 240 g/mol. The molecule has 0 unspecified atom stereocenters. The average Bonchev–Trinajstić information content (AvgIpc) is 2.84. The van der Waals surface area contributed by atoms with Crippen molar-refractivity contribution in [2.24, 2.45) is 7.05 Å². The average molecular weight is 254 g/mol. The molecule has 0 bridgehead atoms. The normalized spacial score (nSPS) is 9.89. The molecule has 1 amide bonds. The number of nitriles is 1. The van der Waals surface area contributed by atoms with Crippen LogP contribution in [-0.2, 0) is 13.5 Å². The molecule has 0 saturated carbocycles. The summed E-state index contributed by atoms with van der Waals surface area (Å²) in [5.41, 5.74) is 1.92. The second-order valence-electron chi connectivity index (χ2n) is 4.18. The van der Waals surface area contributed by atoms with E-state index < -0.39 is 0 Å². The number of hydrogen-bond acceptors (Lipinski definition) is 3. The van der Waals surface area contributed by atoms with Gasteiger partial charge in [-0.1, -0.05) is 6.07 Å². The summed E-state index contributed by atoms with van der Waals surface area (Å²) in [6.45, 7) is 0.520. The zero-order valence-electron chi connectivity index (χ0n) is 10.6. The van der Waals surface area contributed by atoms with Gasteiger partial charge in [0.1, 0.15) is 0 Å². The highest BCUT2D eigenvalue weighted by atomic mass is 16.1. The number of hydrogen-bond donors (Lipinski definition) is 1. The van der Waals surface area contributed by atoms with Crippen LogP contribution in [0, 0.1) is 11.3 Å². The number of aryl methyl sites for hydroxylation is 1. The fourth-order valence-electron chi connectivity index (χ4n) is 1.73. The van der Waals surface area contributed by atoms with Crippen molar-refractivity contribution in [3.05, 3.63) is 53.3 Å². The lowest BCUT2D eigenvalue weighted by molar-refractivity contribution is 0.0954. The molecule has 0 fully saturated rings. The molecular formula is C14H14N4O. The monoisotopic (exact) mass is 254 g/mol. The maximum absolute atomic E-state index is 11.9. The molecule has 1 aromatic heterocycles. The van der Waals surface area contributed by atoms with Crippen LogP contribution < -0.4 is 5.32 Å². The van der Waals surface area contributed by atoms with Crippen molar-refractivity contribution >= 4 is 5.91 Å². The Morgan fingerprint density at radius 3 is 3.00 bits per heavy atom. The number of nitrogens with zero attached hydrogens (tertiary/aromatic N) is 3. The van der Waals surface area contributed by atoms with Crippen LogP contribution in [0.25, 0.3) is 0 Å². The number of rotatable bonds is 4. The van der Waals surface area contributed by atoms with E-state index in [9.17, 15) is 4.79 Å². The minimum absolute atomic E-state index is 0.173. The number of nitrogens with one attached hydrogen (secondary N) is 1. The van der Waals surface area contributed by atoms with E-state index in [0.29, 0.717) is 24.1 Å². The Hall–Kier alpha value is -2.61. The molecule has 0 aliphatic heterocycles. The molecule has 5 heteroatoms. The van der Waals surface area contributed by atoms with Gasteiger partial charge in [0.05, 0.1) is 17.3 Å². The molecule has 0 aliphatic carbocycles. The highest BCUT2D eigenvalue weighted by molar-refractivity contribution is 5.94. The van der Waals surface area contributed by atoms with Crippen molar-refractivity contribution in [3.63, 3.8) is 0 Å².